The highest BCUT2D eigenvalue weighted by Gasteiger charge is 2.11. The molecule has 0 amide bonds. The van der Waals surface area contributed by atoms with Gasteiger partial charge in [0.15, 0.2) is 0 Å². The summed E-state index contributed by atoms with van der Waals surface area (Å²) in [4.78, 5) is 6.13. The van der Waals surface area contributed by atoms with Gasteiger partial charge in [-0.3, -0.25) is 0 Å². The number of fused-ring (bicyclic) bond motifs is 2. The second kappa shape index (κ2) is 8.75. The van der Waals surface area contributed by atoms with Crippen LogP contribution in [0.5, 0.6) is 0 Å². The largest absolute Gasteiger partial charge is 0.355 e. The van der Waals surface area contributed by atoms with E-state index in [-0.39, 0.29) is 0 Å². The second-order valence-corrected chi connectivity index (χ2v) is 8.61. The Labute approximate surface area is 176 Å². The summed E-state index contributed by atoms with van der Waals surface area (Å²) in [5.74, 6) is 0. The Morgan fingerprint density at radius 3 is 2.31 bits per heavy atom. The van der Waals surface area contributed by atoms with Gasteiger partial charge < -0.3 is 5.32 Å². The van der Waals surface area contributed by atoms with Crippen molar-refractivity contribution in [1.29, 1.82) is 0 Å². The molecule has 4 rings (SSSR count). The van der Waals surface area contributed by atoms with Crippen molar-refractivity contribution in [2.45, 2.75) is 33.6 Å². The maximum atomic E-state index is 4.89. The third-order valence-corrected chi connectivity index (χ3v) is 6.15. The van der Waals surface area contributed by atoms with Crippen molar-refractivity contribution >= 4 is 32.9 Å². The van der Waals surface area contributed by atoms with E-state index in [9.17, 15) is 0 Å². The summed E-state index contributed by atoms with van der Waals surface area (Å²) < 4.78 is 3.68. The molecule has 2 aromatic carbocycles. The van der Waals surface area contributed by atoms with Crippen LogP contribution in [0.2, 0.25) is 0 Å². The molecule has 0 saturated carbocycles. The van der Waals surface area contributed by atoms with E-state index in [0.29, 0.717) is 0 Å². The monoisotopic (exact) mass is 402 g/mol. The molecule has 0 bridgehead atoms. The lowest BCUT2D eigenvalue weighted by molar-refractivity contribution is 0.557. The van der Waals surface area contributed by atoms with E-state index in [2.05, 4.69) is 91.3 Å². The van der Waals surface area contributed by atoms with Gasteiger partial charge in [-0.2, -0.15) is 0 Å². The third kappa shape index (κ3) is 4.48. The van der Waals surface area contributed by atoms with Gasteiger partial charge >= 0.3 is 0 Å². The van der Waals surface area contributed by atoms with E-state index in [1.807, 2.05) is 11.3 Å². The summed E-state index contributed by atoms with van der Waals surface area (Å²) in [5, 5.41) is 4.80. The molecular weight excluding hydrogens is 374 g/mol. The van der Waals surface area contributed by atoms with Gasteiger partial charge in [0, 0.05) is 36.3 Å². The van der Waals surface area contributed by atoms with Crippen LogP contribution in [0.15, 0.2) is 60.7 Å². The molecular formula is C25H28N3S+. The maximum Gasteiger partial charge on any atom is 0.201 e. The molecule has 1 aliphatic carbocycles. The van der Waals surface area contributed by atoms with Crippen LogP contribution in [-0.2, 0) is 0 Å². The van der Waals surface area contributed by atoms with Crippen molar-refractivity contribution < 1.29 is 0 Å². The van der Waals surface area contributed by atoms with Crippen LogP contribution in [0, 0.1) is 6.92 Å². The first-order valence-electron chi connectivity index (χ1n) is 10.4. The molecule has 148 valence electrons. The molecule has 0 aromatic heterocycles. The molecule has 0 atom stereocenters. The Morgan fingerprint density at radius 1 is 0.862 bits per heavy atom. The topological polar surface area (TPSA) is 27.9 Å². The van der Waals surface area contributed by atoms with Gasteiger partial charge in [0.2, 0.25) is 5.36 Å². The maximum absolute atomic E-state index is 4.89. The van der Waals surface area contributed by atoms with Gasteiger partial charge in [0.05, 0.1) is 20.8 Å². The van der Waals surface area contributed by atoms with E-state index < -0.39 is 0 Å². The van der Waals surface area contributed by atoms with Gasteiger partial charge in [-0.25, -0.2) is 9.56 Å². The minimum Gasteiger partial charge on any atom is -0.355 e. The first kappa shape index (κ1) is 19.6. The van der Waals surface area contributed by atoms with Gasteiger partial charge in [-0.05, 0) is 43.3 Å². The fourth-order valence-corrected chi connectivity index (χ4v) is 4.64. The van der Waals surface area contributed by atoms with Gasteiger partial charge in [-0.1, -0.05) is 31.5 Å². The van der Waals surface area contributed by atoms with Crippen molar-refractivity contribution in [3.63, 3.8) is 0 Å². The first-order valence-corrected chi connectivity index (χ1v) is 11.2. The molecule has 0 fully saturated rings. The van der Waals surface area contributed by atoms with Crippen molar-refractivity contribution in [2.24, 2.45) is 0 Å². The molecule has 29 heavy (non-hydrogen) atoms. The van der Waals surface area contributed by atoms with Crippen LogP contribution < -0.4 is 15.2 Å². The fraction of sp³-hybridized carbons (Fsp3) is 0.280. The van der Waals surface area contributed by atoms with Crippen molar-refractivity contribution in [2.75, 3.05) is 18.4 Å². The van der Waals surface area contributed by atoms with E-state index in [1.165, 1.54) is 20.5 Å². The molecule has 0 spiro atoms. The SMILES string of the molecule is CCC[N+](CCC)=c1ccc2nc3ccc(Nc4ccc(C)cc4)cc3sc-2c1. The lowest BCUT2D eigenvalue weighted by Gasteiger charge is -2.10. The highest BCUT2D eigenvalue weighted by atomic mass is 32.1. The van der Waals surface area contributed by atoms with E-state index >= 15 is 0 Å². The molecule has 1 heterocycles. The summed E-state index contributed by atoms with van der Waals surface area (Å²) in [6, 6.07) is 21.6. The number of aryl methyl sites for hydroxylation is 1. The Hall–Kier alpha value is -2.72. The summed E-state index contributed by atoms with van der Waals surface area (Å²) in [6.07, 6.45) is 2.32. The predicted molar refractivity (Wildman–Crippen MR) is 126 cm³/mol. The highest BCUT2D eigenvalue weighted by Crippen LogP contribution is 2.31. The molecule has 2 aliphatic rings. The van der Waals surface area contributed by atoms with Crippen LogP contribution in [-0.4, -0.2) is 18.1 Å². The number of hydrogen-bond acceptors (Lipinski definition) is 3. The summed E-state index contributed by atoms with van der Waals surface area (Å²) >= 11 is 1.82. The molecule has 0 saturated heterocycles. The number of rotatable bonds is 6. The quantitative estimate of drug-likeness (QED) is 0.314. The van der Waals surface area contributed by atoms with Crippen LogP contribution in [0.4, 0.5) is 11.4 Å². The minimum absolute atomic E-state index is 1.05. The summed E-state index contributed by atoms with van der Waals surface area (Å²) in [7, 11) is 0. The van der Waals surface area contributed by atoms with E-state index in [1.54, 1.807) is 0 Å². The Morgan fingerprint density at radius 2 is 1.59 bits per heavy atom. The number of aromatic nitrogens is 1. The van der Waals surface area contributed by atoms with Crippen LogP contribution in [0.3, 0.4) is 0 Å². The highest BCUT2D eigenvalue weighted by molar-refractivity contribution is 7.21. The summed E-state index contributed by atoms with van der Waals surface area (Å²) in [5.41, 5.74) is 5.57. The Balaban J connectivity index is 1.75. The van der Waals surface area contributed by atoms with Crippen molar-refractivity contribution in [3.8, 4) is 10.6 Å². The smallest absolute Gasteiger partial charge is 0.201 e. The van der Waals surface area contributed by atoms with E-state index in [0.717, 1.165) is 48.5 Å². The molecule has 1 N–H and O–H groups in total. The Bertz CT molecular complexity index is 1150. The van der Waals surface area contributed by atoms with Gasteiger partial charge in [-0.15, -0.1) is 11.3 Å². The zero-order valence-corrected chi connectivity index (χ0v) is 18.2. The Kier molecular flexibility index (Phi) is 5.91. The standard InChI is InChI=1S/C25H27N3S/c1-4-14-28(15-5-2)21-11-13-23-25(17-21)29-24-16-20(10-12-22(24)27-23)26-19-8-6-18(3)7-9-19/h6-13,16-17H,4-5,14-15H2,1-3H3/p+1. The number of nitrogens with zero attached hydrogens (tertiary/aromatic N) is 2. The zero-order chi connectivity index (χ0) is 20.2. The second-order valence-electron chi connectivity index (χ2n) is 7.53. The molecule has 1 aliphatic heterocycles. The molecule has 0 radical (unpaired) electrons. The van der Waals surface area contributed by atoms with E-state index in [4.69, 9.17) is 4.98 Å². The average Bonchev–Trinajstić information content (AvgIpc) is 2.73. The predicted octanol–water partition coefficient (Wildman–Crippen LogP) is 6.05. The number of anilines is 2. The number of hydrogen-bond donors (Lipinski definition) is 1. The zero-order valence-electron chi connectivity index (χ0n) is 17.4. The van der Waals surface area contributed by atoms with Crippen LogP contribution in [0.25, 0.3) is 20.8 Å². The van der Waals surface area contributed by atoms with Crippen molar-refractivity contribution in [1.82, 2.24) is 9.56 Å². The molecule has 4 heteroatoms. The van der Waals surface area contributed by atoms with Crippen molar-refractivity contribution in [3.05, 3.63) is 71.6 Å². The average molecular weight is 403 g/mol. The first-order chi connectivity index (χ1) is 14.2. The molecule has 2 aromatic rings. The fourth-order valence-electron chi connectivity index (χ4n) is 3.60. The molecule has 3 nitrogen and oxygen atoms in total. The lowest BCUT2D eigenvalue weighted by atomic mass is 10.2. The normalized spacial score (nSPS) is 11.1. The van der Waals surface area contributed by atoms with Crippen LogP contribution in [0.1, 0.15) is 32.3 Å². The number of benzene rings is 3. The third-order valence-electron chi connectivity index (χ3n) is 5.06. The van der Waals surface area contributed by atoms with Gasteiger partial charge in [0.25, 0.3) is 0 Å². The molecule has 0 unspecified atom stereocenters. The lowest BCUT2D eigenvalue weighted by Crippen LogP contribution is -2.31. The van der Waals surface area contributed by atoms with Crippen LogP contribution >= 0.6 is 11.3 Å². The number of nitrogens with one attached hydrogen (secondary N) is 1. The summed E-state index contributed by atoms with van der Waals surface area (Å²) in [6.45, 7) is 8.77. The van der Waals surface area contributed by atoms with Gasteiger partial charge in [0.1, 0.15) is 13.1 Å². The minimum atomic E-state index is 1.05.